The van der Waals surface area contributed by atoms with Crippen molar-refractivity contribution in [2.45, 2.75) is 5.75 Å². The Labute approximate surface area is 111 Å². The Morgan fingerprint density at radius 2 is 1.79 bits per heavy atom. The van der Waals surface area contributed by atoms with Crippen LogP contribution in [0, 0.1) is 0 Å². The number of sulfonamides is 1. The predicted octanol–water partition coefficient (Wildman–Crippen LogP) is 1.43. The zero-order valence-electron chi connectivity index (χ0n) is 10.3. The molecule has 0 atom stereocenters. The molecule has 0 amide bonds. The quantitative estimate of drug-likeness (QED) is 0.895. The molecule has 1 aromatic heterocycles. The lowest BCUT2D eigenvalue weighted by molar-refractivity contribution is 0.380. The van der Waals surface area contributed by atoms with Crippen LogP contribution in [0.1, 0.15) is 5.56 Å². The second kappa shape index (κ2) is 5.66. The van der Waals surface area contributed by atoms with E-state index in [1.165, 1.54) is 19.5 Å². The maximum absolute atomic E-state index is 11.9. The van der Waals surface area contributed by atoms with E-state index in [2.05, 4.69) is 14.7 Å². The van der Waals surface area contributed by atoms with Crippen molar-refractivity contribution in [3.8, 4) is 6.01 Å². The summed E-state index contributed by atoms with van der Waals surface area (Å²) in [5, 5.41) is 0. The van der Waals surface area contributed by atoms with E-state index in [-0.39, 0.29) is 11.8 Å². The number of hydrogen-bond donors (Lipinski definition) is 1. The summed E-state index contributed by atoms with van der Waals surface area (Å²) in [6.45, 7) is 0. The van der Waals surface area contributed by atoms with Gasteiger partial charge >= 0.3 is 6.01 Å². The number of rotatable bonds is 5. The monoisotopic (exact) mass is 279 g/mol. The molecule has 19 heavy (non-hydrogen) atoms. The summed E-state index contributed by atoms with van der Waals surface area (Å²) < 4.78 is 31.1. The van der Waals surface area contributed by atoms with Crippen LogP contribution in [0.2, 0.25) is 0 Å². The third-order valence-corrected chi connectivity index (χ3v) is 3.54. The molecule has 6 nitrogen and oxygen atoms in total. The molecular weight excluding hydrogens is 266 g/mol. The van der Waals surface area contributed by atoms with Crippen LogP contribution in [0.4, 0.5) is 5.69 Å². The number of nitrogens with zero attached hydrogens (tertiary/aromatic N) is 2. The number of aromatic nitrogens is 2. The Kier molecular flexibility index (Phi) is 3.96. The smallest absolute Gasteiger partial charge is 0.316 e. The Bertz CT molecular complexity index is 627. The highest BCUT2D eigenvalue weighted by atomic mass is 32.2. The molecule has 0 aliphatic heterocycles. The highest BCUT2D eigenvalue weighted by Gasteiger charge is 2.12. The summed E-state index contributed by atoms with van der Waals surface area (Å²) in [7, 11) is -2.04. The maximum atomic E-state index is 11.9. The fourth-order valence-electron chi connectivity index (χ4n) is 1.48. The zero-order chi connectivity index (χ0) is 13.7. The second-order valence-electron chi connectivity index (χ2n) is 3.81. The van der Waals surface area contributed by atoms with Crippen molar-refractivity contribution in [2.75, 3.05) is 11.8 Å². The first kappa shape index (κ1) is 13.3. The topological polar surface area (TPSA) is 81.2 Å². The van der Waals surface area contributed by atoms with Crippen LogP contribution >= 0.6 is 0 Å². The molecule has 0 radical (unpaired) electrons. The van der Waals surface area contributed by atoms with Crippen LogP contribution in [0.5, 0.6) is 6.01 Å². The van der Waals surface area contributed by atoms with Crippen LogP contribution in [-0.2, 0) is 15.8 Å². The summed E-state index contributed by atoms with van der Waals surface area (Å²) in [5.41, 5.74) is 1.01. The Morgan fingerprint density at radius 1 is 1.16 bits per heavy atom. The highest BCUT2D eigenvalue weighted by Crippen LogP contribution is 2.12. The van der Waals surface area contributed by atoms with Crippen molar-refractivity contribution in [1.29, 1.82) is 0 Å². The SMILES string of the molecule is COc1ncc(NS(=O)(=O)Cc2ccccc2)cn1. The molecule has 0 saturated carbocycles. The van der Waals surface area contributed by atoms with E-state index in [1.54, 1.807) is 24.3 Å². The summed E-state index contributed by atoms with van der Waals surface area (Å²) in [6, 6.07) is 9.11. The molecule has 0 saturated heterocycles. The molecule has 0 aliphatic rings. The molecule has 1 N–H and O–H groups in total. The molecule has 0 fully saturated rings. The fourth-order valence-corrected chi connectivity index (χ4v) is 2.65. The van der Waals surface area contributed by atoms with Gasteiger partial charge in [-0.25, -0.2) is 18.4 Å². The molecule has 100 valence electrons. The van der Waals surface area contributed by atoms with E-state index in [9.17, 15) is 8.42 Å². The molecular formula is C12H13N3O3S. The first-order valence-corrected chi connectivity index (χ1v) is 7.15. The molecule has 0 spiro atoms. The lowest BCUT2D eigenvalue weighted by Crippen LogP contribution is -2.15. The van der Waals surface area contributed by atoms with Gasteiger partial charge in [0.15, 0.2) is 0 Å². The standard InChI is InChI=1S/C12H13N3O3S/c1-18-12-13-7-11(8-14-12)15-19(16,17)9-10-5-3-2-4-6-10/h2-8,15H,9H2,1H3. The molecule has 1 aromatic carbocycles. The van der Waals surface area contributed by atoms with E-state index in [1.807, 2.05) is 6.07 Å². The average molecular weight is 279 g/mol. The van der Waals surface area contributed by atoms with Crippen molar-refractivity contribution >= 4 is 15.7 Å². The van der Waals surface area contributed by atoms with Gasteiger partial charge in [0.2, 0.25) is 10.0 Å². The van der Waals surface area contributed by atoms with Gasteiger partial charge in [0, 0.05) is 0 Å². The lowest BCUT2D eigenvalue weighted by atomic mass is 10.2. The van der Waals surface area contributed by atoms with Gasteiger partial charge in [-0.15, -0.1) is 0 Å². The minimum atomic E-state index is -3.48. The molecule has 0 aliphatic carbocycles. The number of nitrogens with one attached hydrogen (secondary N) is 1. The third-order valence-electron chi connectivity index (χ3n) is 2.28. The third kappa shape index (κ3) is 3.92. The zero-order valence-corrected chi connectivity index (χ0v) is 11.1. The van der Waals surface area contributed by atoms with E-state index in [0.717, 1.165) is 0 Å². The van der Waals surface area contributed by atoms with E-state index >= 15 is 0 Å². The minimum Gasteiger partial charge on any atom is -0.467 e. The number of methoxy groups -OCH3 is 1. The van der Waals surface area contributed by atoms with Gasteiger partial charge < -0.3 is 4.74 Å². The van der Waals surface area contributed by atoms with E-state index in [0.29, 0.717) is 11.3 Å². The van der Waals surface area contributed by atoms with E-state index in [4.69, 9.17) is 4.74 Å². The lowest BCUT2D eigenvalue weighted by Gasteiger charge is -2.07. The molecule has 2 rings (SSSR count). The predicted molar refractivity (Wildman–Crippen MR) is 71.3 cm³/mol. The number of hydrogen-bond acceptors (Lipinski definition) is 5. The number of ether oxygens (including phenoxy) is 1. The Morgan fingerprint density at radius 3 is 2.37 bits per heavy atom. The first-order valence-electron chi connectivity index (χ1n) is 5.49. The number of benzene rings is 1. The second-order valence-corrected chi connectivity index (χ2v) is 5.53. The van der Waals surface area contributed by atoms with Crippen molar-refractivity contribution < 1.29 is 13.2 Å². The van der Waals surface area contributed by atoms with Gasteiger partial charge in [-0.2, -0.15) is 0 Å². The summed E-state index contributed by atoms with van der Waals surface area (Å²) >= 11 is 0. The fraction of sp³-hybridized carbons (Fsp3) is 0.167. The Balaban J connectivity index is 2.08. The molecule has 0 bridgehead atoms. The summed E-state index contributed by atoms with van der Waals surface area (Å²) in [4.78, 5) is 7.66. The largest absolute Gasteiger partial charge is 0.467 e. The first-order chi connectivity index (χ1) is 9.09. The van der Waals surface area contributed by atoms with Crippen LogP contribution in [0.3, 0.4) is 0 Å². The van der Waals surface area contributed by atoms with Crippen molar-refractivity contribution in [2.24, 2.45) is 0 Å². The maximum Gasteiger partial charge on any atom is 0.316 e. The van der Waals surface area contributed by atoms with Gasteiger partial charge in [-0.05, 0) is 5.56 Å². The molecule has 7 heteroatoms. The normalized spacial score (nSPS) is 11.0. The minimum absolute atomic E-state index is 0.0974. The molecule has 2 aromatic rings. The molecule has 1 heterocycles. The van der Waals surface area contributed by atoms with Gasteiger partial charge in [0.25, 0.3) is 0 Å². The summed E-state index contributed by atoms with van der Waals surface area (Å²) in [6.07, 6.45) is 2.71. The Hall–Kier alpha value is -2.15. The van der Waals surface area contributed by atoms with Gasteiger partial charge in [0.05, 0.1) is 30.9 Å². The van der Waals surface area contributed by atoms with Gasteiger partial charge in [-0.1, -0.05) is 30.3 Å². The van der Waals surface area contributed by atoms with Crippen molar-refractivity contribution in [3.05, 3.63) is 48.3 Å². The van der Waals surface area contributed by atoms with Crippen molar-refractivity contribution in [3.63, 3.8) is 0 Å². The summed E-state index contributed by atoms with van der Waals surface area (Å²) in [5.74, 6) is -0.0974. The van der Waals surface area contributed by atoms with Crippen LogP contribution in [0.25, 0.3) is 0 Å². The average Bonchev–Trinajstić information content (AvgIpc) is 2.39. The molecule has 0 unspecified atom stereocenters. The van der Waals surface area contributed by atoms with Crippen LogP contribution < -0.4 is 9.46 Å². The van der Waals surface area contributed by atoms with Crippen molar-refractivity contribution in [1.82, 2.24) is 9.97 Å². The van der Waals surface area contributed by atoms with E-state index < -0.39 is 10.0 Å². The van der Waals surface area contributed by atoms with Gasteiger partial charge in [0.1, 0.15) is 0 Å². The highest BCUT2D eigenvalue weighted by molar-refractivity contribution is 7.91. The van der Waals surface area contributed by atoms with Crippen LogP contribution in [-0.4, -0.2) is 25.5 Å². The van der Waals surface area contributed by atoms with Gasteiger partial charge in [-0.3, -0.25) is 4.72 Å². The van der Waals surface area contributed by atoms with Crippen LogP contribution in [0.15, 0.2) is 42.7 Å². The number of anilines is 1.